The summed E-state index contributed by atoms with van der Waals surface area (Å²) in [6.45, 7) is 3.78. The summed E-state index contributed by atoms with van der Waals surface area (Å²) >= 11 is 0. The fraction of sp³-hybridized carbons (Fsp3) is 0.500. The lowest BCUT2D eigenvalue weighted by molar-refractivity contribution is -0.142. The third-order valence-electron chi connectivity index (χ3n) is 4.21. The van der Waals surface area contributed by atoms with Gasteiger partial charge in [-0.1, -0.05) is 17.7 Å². The van der Waals surface area contributed by atoms with Crippen molar-refractivity contribution in [2.24, 2.45) is 5.92 Å². The van der Waals surface area contributed by atoms with Crippen molar-refractivity contribution in [2.45, 2.75) is 37.6 Å². The van der Waals surface area contributed by atoms with Crippen LogP contribution in [0.2, 0.25) is 0 Å². The van der Waals surface area contributed by atoms with Crippen LogP contribution in [0.4, 0.5) is 0 Å². The molecule has 0 radical (unpaired) electrons. The molecule has 24 heavy (non-hydrogen) atoms. The van der Waals surface area contributed by atoms with Crippen molar-refractivity contribution in [3.05, 3.63) is 29.8 Å². The van der Waals surface area contributed by atoms with Crippen LogP contribution in [0.15, 0.2) is 29.2 Å². The van der Waals surface area contributed by atoms with Gasteiger partial charge in [-0.2, -0.15) is 4.31 Å². The molecule has 0 aromatic heterocycles. The molecule has 0 spiro atoms. The summed E-state index contributed by atoms with van der Waals surface area (Å²) in [5, 5.41) is 11.3. The number of sulfonamides is 1. The number of hydrogen-bond donors (Lipinski definition) is 2. The van der Waals surface area contributed by atoms with Gasteiger partial charge in [-0.15, -0.1) is 0 Å². The number of piperidine rings is 1. The maximum Gasteiger partial charge on any atom is 0.325 e. The van der Waals surface area contributed by atoms with Crippen molar-refractivity contribution >= 4 is 21.9 Å². The van der Waals surface area contributed by atoms with Gasteiger partial charge in [0, 0.05) is 19.0 Å². The van der Waals surface area contributed by atoms with Gasteiger partial charge in [0.2, 0.25) is 15.9 Å². The fourth-order valence-electron chi connectivity index (χ4n) is 2.61. The molecule has 7 nitrogen and oxygen atoms in total. The fourth-order valence-corrected chi connectivity index (χ4v) is 4.08. The Bertz CT molecular complexity index is 706. The van der Waals surface area contributed by atoms with E-state index in [1.807, 2.05) is 6.92 Å². The molecule has 1 aromatic carbocycles. The molecule has 2 N–H and O–H groups in total. The first-order chi connectivity index (χ1) is 11.2. The summed E-state index contributed by atoms with van der Waals surface area (Å²) in [5.74, 6) is -1.80. The molecule has 1 aliphatic heterocycles. The van der Waals surface area contributed by atoms with Gasteiger partial charge in [0.15, 0.2) is 0 Å². The smallest absolute Gasteiger partial charge is 0.325 e. The minimum Gasteiger partial charge on any atom is -0.480 e. The van der Waals surface area contributed by atoms with E-state index in [1.54, 1.807) is 24.3 Å². The Labute approximate surface area is 141 Å². The van der Waals surface area contributed by atoms with Crippen molar-refractivity contribution in [3.63, 3.8) is 0 Å². The van der Waals surface area contributed by atoms with Crippen molar-refractivity contribution in [2.75, 3.05) is 13.1 Å². The molecule has 1 saturated heterocycles. The monoisotopic (exact) mass is 354 g/mol. The zero-order chi connectivity index (χ0) is 17.9. The zero-order valence-electron chi connectivity index (χ0n) is 13.7. The van der Waals surface area contributed by atoms with Gasteiger partial charge >= 0.3 is 5.97 Å². The second-order valence-corrected chi connectivity index (χ2v) is 8.00. The summed E-state index contributed by atoms with van der Waals surface area (Å²) < 4.78 is 26.6. The van der Waals surface area contributed by atoms with Gasteiger partial charge in [-0.05, 0) is 38.8 Å². The molecule has 132 valence electrons. The molecule has 8 heteroatoms. The predicted molar refractivity (Wildman–Crippen MR) is 87.9 cm³/mol. The quantitative estimate of drug-likeness (QED) is 0.820. The van der Waals surface area contributed by atoms with Crippen LogP contribution in [0.3, 0.4) is 0 Å². The van der Waals surface area contributed by atoms with Crippen LogP contribution < -0.4 is 5.32 Å². The number of nitrogens with zero attached hydrogens (tertiary/aromatic N) is 1. The molecule has 1 amide bonds. The molecule has 2 rings (SSSR count). The minimum atomic E-state index is -3.56. The highest BCUT2D eigenvalue weighted by molar-refractivity contribution is 7.89. The Morgan fingerprint density at radius 2 is 1.75 bits per heavy atom. The van der Waals surface area contributed by atoms with E-state index < -0.39 is 22.0 Å². The normalized spacial score (nSPS) is 18.1. The van der Waals surface area contributed by atoms with E-state index in [2.05, 4.69) is 5.32 Å². The number of amides is 1. The number of carbonyl (C=O) groups excluding carboxylic acids is 1. The van der Waals surface area contributed by atoms with Gasteiger partial charge in [0.25, 0.3) is 0 Å². The van der Waals surface area contributed by atoms with Crippen LogP contribution >= 0.6 is 0 Å². The van der Waals surface area contributed by atoms with Crippen LogP contribution in [0, 0.1) is 12.8 Å². The van der Waals surface area contributed by atoms with E-state index in [1.165, 1.54) is 11.2 Å². The topological polar surface area (TPSA) is 104 Å². The SMILES string of the molecule is Cc1ccc(S(=O)(=O)N2CCC(C(=O)NC(C)C(=O)O)CC2)cc1. The van der Waals surface area contributed by atoms with Crippen LogP contribution in [0.25, 0.3) is 0 Å². The first-order valence-corrected chi connectivity index (χ1v) is 9.26. The van der Waals surface area contributed by atoms with Gasteiger partial charge in [0.1, 0.15) is 6.04 Å². The molecular weight excluding hydrogens is 332 g/mol. The van der Waals surface area contributed by atoms with Crippen LogP contribution in [-0.4, -0.2) is 48.8 Å². The number of aliphatic carboxylic acids is 1. The highest BCUT2D eigenvalue weighted by Gasteiger charge is 2.32. The average Bonchev–Trinajstić information content (AvgIpc) is 2.55. The molecule has 1 heterocycles. The minimum absolute atomic E-state index is 0.246. The first kappa shape index (κ1) is 18.4. The Kier molecular flexibility index (Phi) is 5.61. The molecule has 0 bridgehead atoms. The number of benzene rings is 1. The molecule has 1 aliphatic rings. The summed E-state index contributed by atoms with van der Waals surface area (Å²) in [5.41, 5.74) is 0.983. The van der Waals surface area contributed by atoms with E-state index in [0.717, 1.165) is 5.56 Å². The Morgan fingerprint density at radius 1 is 1.21 bits per heavy atom. The molecule has 1 unspecified atom stereocenters. The number of nitrogens with one attached hydrogen (secondary N) is 1. The van der Waals surface area contributed by atoms with Crippen LogP contribution in [-0.2, 0) is 19.6 Å². The summed E-state index contributed by atoms with van der Waals surface area (Å²) in [6.07, 6.45) is 0.756. The van der Waals surface area contributed by atoms with E-state index >= 15 is 0 Å². The number of aryl methyl sites for hydroxylation is 1. The van der Waals surface area contributed by atoms with Gasteiger partial charge < -0.3 is 10.4 Å². The van der Waals surface area contributed by atoms with Gasteiger partial charge in [-0.3, -0.25) is 9.59 Å². The van der Waals surface area contributed by atoms with Crippen LogP contribution in [0.1, 0.15) is 25.3 Å². The zero-order valence-corrected chi connectivity index (χ0v) is 14.5. The molecule has 0 aliphatic carbocycles. The third kappa shape index (κ3) is 4.12. The van der Waals surface area contributed by atoms with Gasteiger partial charge in [0.05, 0.1) is 4.90 Å². The van der Waals surface area contributed by atoms with Crippen molar-refractivity contribution in [1.29, 1.82) is 0 Å². The van der Waals surface area contributed by atoms with Gasteiger partial charge in [-0.25, -0.2) is 8.42 Å². The summed E-state index contributed by atoms with van der Waals surface area (Å²) in [6, 6.07) is 5.71. The summed E-state index contributed by atoms with van der Waals surface area (Å²) in [7, 11) is -3.56. The van der Waals surface area contributed by atoms with Crippen LogP contribution in [0.5, 0.6) is 0 Å². The molecule has 1 atom stereocenters. The van der Waals surface area contributed by atoms with Crippen molar-refractivity contribution in [1.82, 2.24) is 9.62 Å². The Balaban J connectivity index is 1.98. The number of rotatable bonds is 5. The second kappa shape index (κ2) is 7.31. The Morgan fingerprint density at radius 3 is 2.25 bits per heavy atom. The molecule has 1 fully saturated rings. The highest BCUT2D eigenvalue weighted by atomic mass is 32.2. The average molecular weight is 354 g/mol. The maximum absolute atomic E-state index is 12.6. The summed E-state index contributed by atoms with van der Waals surface area (Å²) in [4.78, 5) is 23.1. The van der Waals surface area contributed by atoms with E-state index in [0.29, 0.717) is 12.8 Å². The number of hydrogen-bond acceptors (Lipinski definition) is 4. The standard InChI is InChI=1S/C16H22N2O5S/c1-11-3-5-14(6-4-11)24(22,23)18-9-7-13(8-10-18)15(19)17-12(2)16(20)21/h3-6,12-13H,7-10H2,1-2H3,(H,17,19)(H,20,21). The predicted octanol–water partition coefficient (Wildman–Crippen LogP) is 0.985. The van der Waals surface area contributed by atoms with E-state index in [4.69, 9.17) is 5.11 Å². The highest BCUT2D eigenvalue weighted by Crippen LogP contribution is 2.24. The lowest BCUT2D eigenvalue weighted by atomic mass is 9.97. The second-order valence-electron chi connectivity index (χ2n) is 6.06. The number of carboxylic acids is 1. The lowest BCUT2D eigenvalue weighted by Crippen LogP contribution is -2.46. The Hall–Kier alpha value is -1.93. The van der Waals surface area contributed by atoms with Crippen molar-refractivity contribution in [3.8, 4) is 0 Å². The largest absolute Gasteiger partial charge is 0.480 e. The maximum atomic E-state index is 12.6. The molecular formula is C16H22N2O5S. The van der Waals surface area contributed by atoms with Crippen molar-refractivity contribution < 1.29 is 23.1 Å². The number of carbonyl (C=O) groups is 2. The lowest BCUT2D eigenvalue weighted by Gasteiger charge is -2.30. The number of carboxylic acid groups (broad SMARTS) is 1. The van der Waals surface area contributed by atoms with E-state index in [-0.39, 0.29) is 29.8 Å². The first-order valence-electron chi connectivity index (χ1n) is 7.82. The molecule has 0 saturated carbocycles. The third-order valence-corrected chi connectivity index (χ3v) is 6.13. The van der Waals surface area contributed by atoms with E-state index in [9.17, 15) is 18.0 Å². The molecule has 1 aromatic rings.